The molecule has 3 N–H and O–H groups in total. The first-order valence-electron chi connectivity index (χ1n) is 6.13. The largest absolute Gasteiger partial charge is 0.491 e. The Morgan fingerprint density at radius 1 is 1.53 bits per heavy atom. The van der Waals surface area contributed by atoms with E-state index < -0.39 is 11.4 Å². The minimum Gasteiger partial charge on any atom is -0.491 e. The third-order valence-electron chi connectivity index (χ3n) is 2.75. The maximum atomic E-state index is 11.1. The molecule has 0 aliphatic carbocycles. The van der Waals surface area contributed by atoms with E-state index in [4.69, 9.17) is 15.6 Å². The molecule has 0 saturated carbocycles. The lowest BCUT2D eigenvalue weighted by atomic mass is 9.95. The SMILES string of the molecule is CC(N)Cc1cccc(Br)c1OCC(C)(C)C(=O)O. The Morgan fingerprint density at radius 2 is 2.16 bits per heavy atom. The molecule has 0 saturated heterocycles. The van der Waals surface area contributed by atoms with Crippen LogP contribution in [-0.2, 0) is 11.2 Å². The Labute approximate surface area is 122 Å². The Morgan fingerprint density at radius 3 is 2.68 bits per heavy atom. The van der Waals surface area contributed by atoms with Gasteiger partial charge < -0.3 is 15.6 Å². The molecule has 1 atom stereocenters. The van der Waals surface area contributed by atoms with Crippen LogP contribution in [0.25, 0.3) is 0 Å². The van der Waals surface area contributed by atoms with E-state index in [1.165, 1.54) is 0 Å². The number of carboxylic acids is 1. The van der Waals surface area contributed by atoms with Crippen molar-refractivity contribution in [1.82, 2.24) is 0 Å². The number of carboxylic acid groups (broad SMARTS) is 1. The van der Waals surface area contributed by atoms with Crippen LogP contribution in [-0.4, -0.2) is 23.7 Å². The minimum absolute atomic E-state index is 0.0177. The highest BCUT2D eigenvalue weighted by Crippen LogP contribution is 2.31. The van der Waals surface area contributed by atoms with E-state index in [1.54, 1.807) is 13.8 Å². The summed E-state index contributed by atoms with van der Waals surface area (Å²) in [7, 11) is 0. The van der Waals surface area contributed by atoms with Crippen LogP contribution in [0.5, 0.6) is 5.75 Å². The Balaban J connectivity index is 2.91. The van der Waals surface area contributed by atoms with Gasteiger partial charge in [-0.15, -0.1) is 0 Å². The summed E-state index contributed by atoms with van der Waals surface area (Å²) in [5.74, 6) is -0.206. The predicted octanol–water partition coefficient (Wildman–Crippen LogP) is 2.83. The molecule has 0 bridgehead atoms. The Kier molecular flexibility index (Phi) is 5.38. The monoisotopic (exact) mass is 329 g/mol. The molecular weight excluding hydrogens is 310 g/mol. The maximum Gasteiger partial charge on any atom is 0.312 e. The fraction of sp³-hybridized carbons (Fsp3) is 0.500. The average Bonchev–Trinajstić information content (AvgIpc) is 2.27. The smallest absolute Gasteiger partial charge is 0.312 e. The second-order valence-corrected chi connectivity index (χ2v) is 6.24. The molecular formula is C14H20BrNO3. The van der Waals surface area contributed by atoms with Crippen LogP contribution in [0, 0.1) is 5.41 Å². The van der Waals surface area contributed by atoms with Crippen molar-refractivity contribution in [2.24, 2.45) is 11.1 Å². The molecule has 19 heavy (non-hydrogen) atoms. The fourth-order valence-electron chi connectivity index (χ4n) is 1.54. The van der Waals surface area contributed by atoms with Gasteiger partial charge in [0.2, 0.25) is 0 Å². The van der Waals surface area contributed by atoms with Crippen molar-refractivity contribution >= 4 is 21.9 Å². The van der Waals surface area contributed by atoms with E-state index >= 15 is 0 Å². The minimum atomic E-state index is -0.930. The van der Waals surface area contributed by atoms with Crippen LogP contribution in [0.3, 0.4) is 0 Å². The van der Waals surface area contributed by atoms with E-state index in [2.05, 4.69) is 15.9 Å². The number of halogens is 1. The third-order valence-corrected chi connectivity index (χ3v) is 3.37. The number of para-hydroxylation sites is 1. The first-order valence-corrected chi connectivity index (χ1v) is 6.92. The van der Waals surface area contributed by atoms with Gasteiger partial charge in [-0.25, -0.2) is 0 Å². The Hall–Kier alpha value is -1.07. The topological polar surface area (TPSA) is 72.5 Å². The number of hydrogen-bond donors (Lipinski definition) is 2. The molecule has 4 nitrogen and oxygen atoms in total. The summed E-state index contributed by atoms with van der Waals surface area (Å²) in [6, 6.07) is 5.74. The third kappa shape index (κ3) is 4.51. The highest BCUT2D eigenvalue weighted by atomic mass is 79.9. The summed E-state index contributed by atoms with van der Waals surface area (Å²) in [4.78, 5) is 11.1. The molecule has 0 aliphatic heterocycles. The van der Waals surface area contributed by atoms with Crippen molar-refractivity contribution in [2.45, 2.75) is 33.2 Å². The van der Waals surface area contributed by atoms with Crippen molar-refractivity contribution in [1.29, 1.82) is 0 Å². The van der Waals surface area contributed by atoms with Gasteiger partial charge in [0.25, 0.3) is 0 Å². The highest BCUT2D eigenvalue weighted by Gasteiger charge is 2.28. The number of benzene rings is 1. The van der Waals surface area contributed by atoms with Crippen LogP contribution in [0.15, 0.2) is 22.7 Å². The lowest BCUT2D eigenvalue weighted by molar-refractivity contribution is -0.148. The molecule has 106 valence electrons. The molecule has 0 aliphatic rings. The molecule has 0 aromatic heterocycles. The van der Waals surface area contributed by atoms with Crippen molar-refractivity contribution in [3.8, 4) is 5.75 Å². The normalized spacial score (nSPS) is 13.1. The summed E-state index contributed by atoms with van der Waals surface area (Å²) in [6.07, 6.45) is 0.683. The molecule has 0 spiro atoms. The van der Waals surface area contributed by atoms with E-state index in [0.29, 0.717) is 12.2 Å². The fourth-order valence-corrected chi connectivity index (χ4v) is 2.06. The molecule has 1 aromatic carbocycles. The molecule has 0 radical (unpaired) electrons. The quantitative estimate of drug-likeness (QED) is 0.841. The molecule has 1 aromatic rings. The molecule has 0 fully saturated rings. The maximum absolute atomic E-state index is 11.1. The van der Waals surface area contributed by atoms with Crippen LogP contribution in [0.2, 0.25) is 0 Å². The zero-order valence-electron chi connectivity index (χ0n) is 11.4. The van der Waals surface area contributed by atoms with Gasteiger partial charge >= 0.3 is 5.97 Å². The van der Waals surface area contributed by atoms with Crippen LogP contribution in [0.4, 0.5) is 0 Å². The first kappa shape index (κ1) is 16.0. The number of aliphatic carboxylic acids is 1. The highest BCUT2D eigenvalue weighted by molar-refractivity contribution is 9.10. The predicted molar refractivity (Wildman–Crippen MR) is 78.4 cm³/mol. The van der Waals surface area contributed by atoms with E-state index in [1.807, 2.05) is 25.1 Å². The Bertz CT molecular complexity index is 458. The summed E-state index contributed by atoms with van der Waals surface area (Å²) in [6.45, 7) is 5.30. The summed E-state index contributed by atoms with van der Waals surface area (Å²) in [5, 5.41) is 9.09. The second kappa shape index (κ2) is 6.39. The van der Waals surface area contributed by atoms with Gasteiger partial charge in [0.05, 0.1) is 9.89 Å². The van der Waals surface area contributed by atoms with Crippen molar-refractivity contribution < 1.29 is 14.6 Å². The lowest BCUT2D eigenvalue weighted by Gasteiger charge is -2.22. The van der Waals surface area contributed by atoms with Gasteiger partial charge in [-0.1, -0.05) is 12.1 Å². The molecule has 1 unspecified atom stereocenters. The average molecular weight is 330 g/mol. The number of rotatable bonds is 6. The van der Waals surface area contributed by atoms with E-state index in [0.717, 1.165) is 10.0 Å². The molecule has 0 amide bonds. The van der Waals surface area contributed by atoms with E-state index in [-0.39, 0.29) is 12.6 Å². The van der Waals surface area contributed by atoms with E-state index in [9.17, 15) is 4.79 Å². The number of ether oxygens (including phenoxy) is 1. The second-order valence-electron chi connectivity index (χ2n) is 5.39. The van der Waals surface area contributed by atoms with Crippen LogP contribution >= 0.6 is 15.9 Å². The van der Waals surface area contributed by atoms with Gasteiger partial charge in [0.15, 0.2) is 0 Å². The van der Waals surface area contributed by atoms with Gasteiger partial charge in [-0.2, -0.15) is 0 Å². The standard InChI is InChI=1S/C14H20BrNO3/c1-9(16)7-10-5-4-6-11(15)12(10)19-8-14(2,3)13(17)18/h4-6,9H,7-8,16H2,1-3H3,(H,17,18). The first-order chi connectivity index (χ1) is 8.74. The zero-order chi connectivity index (χ0) is 14.6. The summed E-state index contributed by atoms with van der Waals surface area (Å²) in [5.41, 5.74) is 5.86. The summed E-state index contributed by atoms with van der Waals surface area (Å²) < 4.78 is 6.52. The van der Waals surface area contributed by atoms with Crippen molar-refractivity contribution in [3.05, 3.63) is 28.2 Å². The number of hydrogen-bond acceptors (Lipinski definition) is 3. The van der Waals surface area contributed by atoms with Crippen molar-refractivity contribution in [3.63, 3.8) is 0 Å². The van der Waals surface area contributed by atoms with Gasteiger partial charge in [0.1, 0.15) is 12.4 Å². The number of nitrogens with two attached hydrogens (primary N) is 1. The number of carbonyl (C=O) groups is 1. The van der Waals surface area contributed by atoms with Crippen LogP contribution in [0.1, 0.15) is 26.3 Å². The van der Waals surface area contributed by atoms with Crippen LogP contribution < -0.4 is 10.5 Å². The molecule has 5 heteroatoms. The van der Waals surface area contributed by atoms with Gasteiger partial charge in [0, 0.05) is 6.04 Å². The molecule has 1 rings (SSSR count). The van der Waals surface area contributed by atoms with Gasteiger partial charge in [-0.05, 0) is 54.8 Å². The summed E-state index contributed by atoms with van der Waals surface area (Å²) >= 11 is 3.43. The molecule has 0 heterocycles. The van der Waals surface area contributed by atoms with Gasteiger partial charge in [-0.3, -0.25) is 4.79 Å². The van der Waals surface area contributed by atoms with Crippen molar-refractivity contribution in [2.75, 3.05) is 6.61 Å². The lowest BCUT2D eigenvalue weighted by Crippen LogP contribution is -2.31. The zero-order valence-corrected chi connectivity index (χ0v) is 13.0.